The normalized spacial score (nSPS) is 10.4. The number of benzene rings is 1. The van der Waals surface area contributed by atoms with E-state index in [1.807, 2.05) is 0 Å². The van der Waals surface area contributed by atoms with Crippen LogP contribution in [0, 0.1) is 11.3 Å². The van der Waals surface area contributed by atoms with Crippen molar-refractivity contribution in [3.05, 3.63) is 70.7 Å². The molecule has 136 valence electrons. The van der Waals surface area contributed by atoms with Crippen LogP contribution in [0.25, 0.3) is 22.6 Å². The molecule has 0 aliphatic carbocycles. The van der Waals surface area contributed by atoms with E-state index in [2.05, 4.69) is 26.3 Å². The van der Waals surface area contributed by atoms with E-state index in [4.69, 9.17) is 16.0 Å². The van der Waals surface area contributed by atoms with Gasteiger partial charge in [0.1, 0.15) is 23.2 Å². The molecule has 1 amide bonds. The van der Waals surface area contributed by atoms with E-state index in [9.17, 15) is 10.1 Å². The van der Waals surface area contributed by atoms with Crippen LogP contribution >= 0.6 is 22.9 Å². The highest BCUT2D eigenvalue weighted by Crippen LogP contribution is 2.28. The number of hydrogen-bond donors (Lipinski definition) is 1. The molecule has 28 heavy (non-hydrogen) atoms. The van der Waals surface area contributed by atoms with Crippen molar-refractivity contribution in [2.24, 2.45) is 0 Å². The lowest BCUT2D eigenvalue weighted by Crippen LogP contribution is -2.12. The predicted molar refractivity (Wildman–Crippen MR) is 105 cm³/mol. The number of halogens is 1. The smallest absolute Gasteiger partial charge is 0.295 e. The fraction of sp³-hybridized carbons (Fsp3) is 0. The Morgan fingerprint density at radius 3 is 2.79 bits per heavy atom. The maximum Gasteiger partial charge on any atom is 0.295 e. The lowest BCUT2D eigenvalue weighted by molar-refractivity contribution is 0.0997. The van der Waals surface area contributed by atoms with Crippen LogP contribution in [0.1, 0.15) is 16.1 Å². The van der Waals surface area contributed by atoms with E-state index in [-0.39, 0.29) is 5.76 Å². The van der Waals surface area contributed by atoms with Crippen molar-refractivity contribution in [3.63, 3.8) is 0 Å². The number of oxazole rings is 1. The summed E-state index contributed by atoms with van der Waals surface area (Å²) in [4.78, 5) is 25.3. The quantitative estimate of drug-likeness (QED) is 0.528. The number of nitriles is 1. The molecule has 0 radical (unpaired) electrons. The van der Waals surface area contributed by atoms with E-state index in [0.717, 1.165) is 0 Å². The van der Waals surface area contributed by atoms with E-state index >= 15 is 0 Å². The molecule has 0 saturated heterocycles. The number of amides is 1. The molecule has 0 fully saturated rings. The van der Waals surface area contributed by atoms with Crippen molar-refractivity contribution < 1.29 is 9.21 Å². The summed E-state index contributed by atoms with van der Waals surface area (Å²) in [5, 5.41) is 14.6. The minimum Gasteiger partial charge on any atom is -0.438 e. The van der Waals surface area contributed by atoms with Gasteiger partial charge in [0, 0.05) is 22.2 Å². The summed E-state index contributed by atoms with van der Waals surface area (Å²) < 4.78 is 5.28. The minimum absolute atomic E-state index is 0.0645. The SMILES string of the molecule is N#Cc1cccnc1-c1csc(NC(=O)c2ocnc2-c2ccc(Cl)cc2)n1. The number of carbonyl (C=O) groups excluding carboxylic acids is 1. The summed E-state index contributed by atoms with van der Waals surface area (Å²) in [6.07, 6.45) is 2.79. The zero-order valence-electron chi connectivity index (χ0n) is 14.1. The molecule has 0 atom stereocenters. The van der Waals surface area contributed by atoms with Gasteiger partial charge < -0.3 is 4.42 Å². The van der Waals surface area contributed by atoms with Crippen LogP contribution in [0.4, 0.5) is 5.13 Å². The second kappa shape index (κ2) is 7.60. The average molecular weight is 408 g/mol. The fourth-order valence-electron chi connectivity index (χ4n) is 2.51. The van der Waals surface area contributed by atoms with Crippen molar-refractivity contribution in [1.29, 1.82) is 5.26 Å². The maximum absolute atomic E-state index is 12.6. The van der Waals surface area contributed by atoms with E-state index in [1.54, 1.807) is 48.0 Å². The first-order valence-electron chi connectivity index (χ1n) is 7.97. The van der Waals surface area contributed by atoms with Crippen molar-refractivity contribution in [2.45, 2.75) is 0 Å². The molecule has 1 aromatic carbocycles. The number of pyridine rings is 1. The molecule has 9 heteroatoms. The maximum atomic E-state index is 12.6. The van der Waals surface area contributed by atoms with Gasteiger partial charge in [-0.2, -0.15) is 5.26 Å². The van der Waals surface area contributed by atoms with Crippen LogP contribution in [-0.2, 0) is 0 Å². The van der Waals surface area contributed by atoms with Gasteiger partial charge in [0.15, 0.2) is 11.5 Å². The number of anilines is 1. The Balaban J connectivity index is 1.58. The zero-order chi connectivity index (χ0) is 19.5. The molecule has 3 aromatic heterocycles. The van der Waals surface area contributed by atoms with Crippen LogP contribution in [0.2, 0.25) is 5.02 Å². The molecule has 0 unspecified atom stereocenters. The van der Waals surface area contributed by atoms with Gasteiger partial charge in [-0.15, -0.1) is 11.3 Å². The third kappa shape index (κ3) is 3.49. The molecular weight excluding hydrogens is 398 g/mol. The number of nitrogens with zero attached hydrogens (tertiary/aromatic N) is 4. The molecule has 7 nitrogen and oxygen atoms in total. The van der Waals surface area contributed by atoms with Gasteiger partial charge in [-0.1, -0.05) is 23.7 Å². The predicted octanol–water partition coefficient (Wildman–Crippen LogP) is 4.64. The minimum atomic E-state index is -0.482. The summed E-state index contributed by atoms with van der Waals surface area (Å²) in [6.45, 7) is 0. The summed E-state index contributed by atoms with van der Waals surface area (Å²) in [5.41, 5.74) is 2.49. The molecule has 4 rings (SSSR count). The number of hydrogen-bond acceptors (Lipinski definition) is 7. The molecule has 3 heterocycles. The molecule has 0 aliphatic rings. The Hall–Kier alpha value is -3.54. The number of nitrogens with one attached hydrogen (secondary N) is 1. The highest BCUT2D eigenvalue weighted by Gasteiger charge is 2.20. The molecule has 1 N–H and O–H groups in total. The lowest BCUT2D eigenvalue weighted by atomic mass is 10.1. The summed E-state index contributed by atoms with van der Waals surface area (Å²) in [7, 11) is 0. The highest BCUT2D eigenvalue weighted by molar-refractivity contribution is 7.14. The Morgan fingerprint density at radius 2 is 2.00 bits per heavy atom. The van der Waals surface area contributed by atoms with Crippen LogP contribution in [0.3, 0.4) is 0 Å². The van der Waals surface area contributed by atoms with Crippen LogP contribution in [-0.4, -0.2) is 20.9 Å². The number of thiazole rings is 1. The van der Waals surface area contributed by atoms with Gasteiger partial charge >= 0.3 is 0 Å². The first kappa shape index (κ1) is 17.9. The van der Waals surface area contributed by atoms with Crippen molar-refractivity contribution in [3.8, 4) is 28.7 Å². The number of carbonyl (C=O) groups is 1. The Labute approximate surface area is 168 Å². The largest absolute Gasteiger partial charge is 0.438 e. The van der Waals surface area contributed by atoms with E-state index in [0.29, 0.717) is 38.4 Å². The third-order valence-corrected chi connectivity index (χ3v) is 4.80. The van der Waals surface area contributed by atoms with Crippen LogP contribution in [0.15, 0.2) is 58.8 Å². The summed E-state index contributed by atoms with van der Waals surface area (Å²) >= 11 is 7.12. The lowest BCUT2D eigenvalue weighted by Gasteiger charge is -2.02. The van der Waals surface area contributed by atoms with Gasteiger partial charge in [0.2, 0.25) is 5.76 Å². The van der Waals surface area contributed by atoms with E-state index < -0.39 is 5.91 Å². The van der Waals surface area contributed by atoms with Gasteiger partial charge in [-0.3, -0.25) is 15.1 Å². The van der Waals surface area contributed by atoms with Gasteiger partial charge in [-0.25, -0.2) is 9.97 Å². The summed E-state index contributed by atoms with van der Waals surface area (Å²) in [6, 6.07) is 12.3. The second-order valence-electron chi connectivity index (χ2n) is 5.54. The fourth-order valence-corrected chi connectivity index (χ4v) is 3.33. The highest BCUT2D eigenvalue weighted by atomic mass is 35.5. The first-order valence-corrected chi connectivity index (χ1v) is 9.23. The van der Waals surface area contributed by atoms with Gasteiger partial charge in [-0.05, 0) is 24.3 Å². The monoisotopic (exact) mass is 407 g/mol. The second-order valence-corrected chi connectivity index (χ2v) is 6.83. The Morgan fingerprint density at radius 1 is 1.18 bits per heavy atom. The van der Waals surface area contributed by atoms with Crippen molar-refractivity contribution in [1.82, 2.24) is 15.0 Å². The molecular formula is C19H10ClN5O2S. The third-order valence-electron chi connectivity index (χ3n) is 3.79. The van der Waals surface area contributed by atoms with Crippen LogP contribution in [0.5, 0.6) is 0 Å². The van der Waals surface area contributed by atoms with Crippen LogP contribution < -0.4 is 5.32 Å². The topological polar surface area (TPSA) is 105 Å². The molecule has 0 aliphatic heterocycles. The summed E-state index contributed by atoms with van der Waals surface area (Å²) in [5.74, 6) is -0.417. The molecule has 0 spiro atoms. The molecule has 0 saturated carbocycles. The van der Waals surface area contributed by atoms with Crippen molar-refractivity contribution >= 4 is 34.0 Å². The van der Waals surface area contributed by atoms with E-state index in [1.165, 1.54) is 17.7 Å². The Kier molecular flexibility index (Phi) is 4.85. The first-order chi connectivity index (χ1) is 13.7. The van der Waals surface area contributed by atoms with Crippen molar-refractivity contribution in [2.75, 3.05) is 5.32 Å². The molecule has 0 bridgehead atoms. The number of aromatic nitrogens is 3. The van der Waals surface area contributed by atoms with Gasteiger partial charge in [0.05, 0.1) is 5.56 Å². The number of rotatable bonds is 4. The zero-order valence-corrected chi connectivity index (χ0v) is 15.7. The average Bonchev–Trinajstić information content (AvgIpc) is 3.38. The molecule has 4 aromatic rings. The van der Waals surface area contributed by atoms with Gasteiger partial charge in [0.25, 0.3) is 5.91 Å². The standard InChI is InChI=1S/C19H10ClN5O2S/c20-13-5-3-11(4-6-13)16-17(27-10-23-16)18(26)25-19-24-14(9-28-19)15-12(8-21)2-1-7-22-15/h1-7,9-10H,(H,24,25,26). The Bertz CT molecular complexity index is 1190.